The van der Waals surface area contributed by atoms with Crippen LogP contribution in [0.1, 0.15) is 132 Å². The molecule has 0 radical (unpaired) electrons. The quantitative estimate of drug-likeness (QED) is 0.306. The average molecular weight is 837 g/mol. The van der Waals surface area contributed by atoms with Crippen molar-refractivity contribution in [1.29, 1.82) is 0 Å². The molecule has 4 rings (SSSR count). The van der Waals surface area contributed by atoms with Crippen molar-refractivity contribution in [3.63, 3.8) is 0 Å². The van der Waals surface area contributed by atoms with Crippen molar-refractivity contribution in [1.82, 2.24) is 4.90 Å². The fourth-order valence-corrected chi connectivity index (χ4v) is 5.06. The summed E-state index contributed by atoms with van der Waals surface area (Å²) < 4.78 is 0. The number of piperidine rings is 1. The number of likely N-dealkylation sites (tertiary alicyclic amines) is 1. The summed E-state index contributed by atoms with van der Waals surface area (Å²) in [7, 11) is 3.81. The van der Waals surface area contributed by atoms with Crippen LogP contribution in [0.5, 0.6) is 0 Å². The van der Waals surface area contributed by atoms with Crippen molar-refractivity contribution in [3.8, 4) is 0 Å². The van der Waals surface area contributed by atoms with Crippen LogP contribution in [0.4, 0.5) is 0 Å². The molecule has 241 valence electrons. The van der Waals surface area contributed by atoms with Crippen LogP contribution < -0.4 is 0 Å². The molecule has 1 N–H and O–H groups in total. The zero-order valence-corrected chi connectivity index (χ0v) is 34.7. The number of carbonyl (C=O) groups is 1. The van der Waals surface area contributed by atoms with Crippen molar-refractivity contribution in [2.45, 2.75) is 121 Å². The summed E-state index contributed by atoms with van der Waals surface area (Å²) in [6.45, 7) is 25.1. The Morgan fingerprint density at radius 1 is 0.732 bits per heavy atom. The molecule has 2 aromatic carbocycles. The van der Waals surface area contributed by atoms with Gasteiger partial charge in [0.05, 0.1) is 0 Å². The molecular weight excluding hydrogens is 771 g/mol. The van der Waals surface area contributed by atoms with E-state index in [2.05, 4.69) is 113 Å². The van der Waals surface area contributed by atoms with Crippen LogP contribution in [0, 0.1) is 5.41 Å². The van der Waals surface area contributed by atoms with Crippen molar-refractivity contribution >= 4 is 45.7 Å². The summed E-state index contributed by atoms with van der Waals surface area (Å²) in [4.78, 5) is 15.6. The number of hydrogen-bond donors (Lipinski definition) is 1. The van der Waals surface area contributed by atoms with Gasteiger partial charge in [-0.3, -0.25) is 9.69 Å². The zero-order valence-electron chi connectivity index (χ0n) is 29.0. The van der Waals surface area contributed by atoms with E-state index in [0.717, 1.165) is 32.9 Å². The molecule has 1 saturated carbocycles. The molecule has 2 fully saturated rings. The van der Waals surface area contributed by atoms with Crippen LogP contribution in [0.3, 0.4) is 0 Å². The number of ketones is 1. The number of aliphatic hydroxyl groups excluding tert-OH is 1. The van der Waals surface area contributed by atoms with E-state index in [0.29, 0.717) is 27.6 Å². The maximum absolute atomic E-state index is 13.2. The predicted octanol–water partition coefficient (Wildman–Crippen LogP) is 12.1. The third kappa shape index (κ3) is 18.5. The number of nitrogens with zero attached hydrogens (tertiary/aromatic N) is 1. The van der Waals surface area contributed by atoms with E-state index in [-0.39, 0.29) is 11.5 Å². The number of Topliss-reactive ketones (excluding diaryl/α,β-unsaturated/α-hetero) is 1. The van der Waals surface area contributed by atoms with Crippen LogP contribution in [-0.4, -0.2) is 36.5 Å². The molecule has 6 heteroatoms. The van der Waals surface area contributed by atoms with Gasteiger partial charge in [0, 0.05) is 25.0 Å². The second-order valence-electron chi connectivity index (χ2n) is 7.56. The third-order valence-electron chi connectivity index (χ3n) is 6.08. The molecule has 1 aliphatic carbocycles. The molecule has 3 nitrogen and oxygen atoms in total. The van der Waals surface area contributed by atoms with Gasteiger partial charge in [0.15, 0.2) is 0 Å². The summed E-state index contributed by atoms with van der Waals surface area (Å²) in [6, 6.07) is 21.4. The Kier molecular flexibility index (Phi) is 47.1. The molecule has 41 heavy (non-hydrogen) atoms. The number of rotatable bonds is 2. The Labute approximate surface area is 286 Å². The molecule has 0 amide bonds. The molecule has 0 bridgehead atoms. The molecule has 1 heterocycles. The molecule has 2 aliphatic rings. The van der Waals surface area contributed by atoms with Crippen molar-refractivity contribution < 1.29 is 19.4 Å². The number of benzene rings is 2. The molecule has 3 unspecified atom stereocenters. The van der Waals surface area contributed by atoms with Gasteiger partial charge in [-0.2, -0.15) is 0 Å². The Hall–Kier alpha value is 0.0744. The summed E-state index contributed by atoms with van der Waals surface area (Å²) >= 11 is 4.74. The number of aliphatic hydroxyl groups is 1. The van der Waals surface area contributed by atoms with Crippen molar-refractivity contribution in [3.05, 3.63) is 71.8 Å². The topological polar surface area (TPSA) is 40.5 Å². The first kappa shape index (κ1) is 50.7. The van der Waals surface area contributed by atoms with Gasteiger partial charge in [-0.05, 0) is 49.9 Å². The van der Waals surface area contributed by atoms with Gasteiger partial charge in [0.1, 0.15) is 5.78 Å². The van der Waals surface area contributed by atoms with Gasteiger partial charge in [-0.1, -0.05) is 144 Å². The van der Waals surface area contributed by atoms with E-state index >= 15 is 0 Å². The minimum absolute atomic E-state index is 0.213. The standard InChI is InChI=1S/C22H25NO.6C2H6.CH4O.2HI.V/c1-23-14-8-13-22(21(23)18-11-6-3-7-12-18)16-19(15-20(22)24)17-9-4-2-5-10-17;7*1-2;;;/h2-7,9-12,19,21H,8,13-16H2,1H3;6*1-2H3;2H,1H3;2*1H;/q;;;;;;;;;;+2/p-2. The van der Waals surface area contributed by atoms with E-state index in [1.54, 1.807) is 0 Å². The fourth-order valence-electron chi connectivity index (χ4n) is 5.06. The van der Waals surface area contributed by atoms with Gasteiger partial charge < -0.3 is 5.11 Å². The Morgan fingerprint density at radius 2 is 1.10 bits per heavy atom. The summed E-state index contributed by atoms with van der Waals surface area (Å²) in [5.74, 6) is 0.841. The van der Waals surface area contributed by atoms with Crippen molar-refractivity contribution in [2.24, 2.45) is 5.41 Å². The summed E-state index contributed by atoms with van der Waals surface area (Å²) in [6.07, 6.45) is 3.83. The molecule has 2 aromatic rings. The predicted molar refractivity (Wildman–Crippen MR) is 201 cm³/mol. The van der Waals surface area contributed by atoms with E-state index in [9.17, 15) is 4.79 Å². The second kappa shape index (κ2) is 38.1. The van der Waals surface area contributed by atoms with E-state index in [4.69, 9.17) is 5.11 Å². The first-order valence-electron chi connectivity index (χ1n) is 15.8. The Bertz CT molecular complexity index is 750. The van der Waals surface area contributed by atoms with Gasteiger partial charge in [-0.25, -0.2) is 0 Å². The summed E-state index contributed by atoms with van der Waals surface area (Å²) in [5, 5.41) is 7.00. The van der Waals surface area contributed by atoms with Crippen LogP contribution >= 0.6 is 40.0 Å². The molecule has 1 spiro atoms. The monoisotopic (exact) mass is 836 g/mol. The first-order valence-corrected chi connectivity index (χ1v) is 24.8. The molecular formula is C35H65I2NO2V. The van der Waals surface area contributed by atoms with E-state index in [1.807, 2.05) is 83.1 Å². The fraction of sp³-hybridized carbons (Fsp3) is 0.629. The SMILES string of the molecule is CC.CC.CC.CC.CC.CC.CN1CCCC2(CC(c3ccccc3)CC2=O)C1c1ccccc1.CO.[I][V][I]. The molecule has 3 atom stereocenters. The van der Waals surface area contributed by atoms with Crippen molar-refractivity contribution in [2.75, 3.05) is 20.7 Å². The van der Waals surface area contributed by atoms with Gasteiger partial charge >= 0.3 is 49.4 Å². The number of hydrogen-bond acceptors (Lipinski definition) is 3. The molecule has 1 saturated heterocycles. The normalized spacial score (nSPS) is 19.4. The molecule has 0 aromatic heterocycles. The second-order valence-corrected chi connectivity index (χ2v) is 19.3. The number of carbonyl (C=O) groups excluding carboxylic acids is 1. The summed E-state index contributed by atoms with van der Waals surface area (Å²) in [5.41, 5.74) is 2.40. The number of halogens is 2. The van der Waals surface area contributed by atoms with Crippen LogP contribution in [0.15, 0.2) is 60.7 Å². The minimum atomic E-state index is -0.213. The first-order chi connectivity index (χ1) is 20.1. The Morgan fingerprint density at radius 3 is 1.49 bits per heavy atom. The molecule has 1 aliphatic heterocycles. The van der Waals surface area contributed by atoms with Gasteiger partial charge in [-0.15, -0.1) is 0 Å². The Balaban J connectivity index is -0.000000218. The van der Waals surface area contributed by atoms with Crippen LogP contribution in [0.2, 0.25) is 0 Å². The van der Waals surface area contributed by atoms with Crippen LogP contribution in [0.25, 0.3) is 0 Å². The van der Waals surface area contributed by atoms with Gasteiger partial charge in [0.2, 0.25) is 0 Å². The van der Waals surface area contributed by atoms with Crippen LogP contribution in [-0.2, 0) is 14.3 Å². The maximum atomic E-state index is 13.2. The zero-order chi connectivity index (χ0) is 33.3. The third-order valence-corrected chi connectivity index (χ3v) is 6.08. The average Bonchev–Trinajstić information content (AvgIpc) is 3.40. The van der Waals surface area contributed by atoms with Gasteiger partial charge in [0.25, 0.3) is 0 Å². The van der Waals surface area contributed by atoms with E-state index < -0.39 is 0 Å². The van der Waals surface area contributed by atoms with E-state index in [1.165, 1.54) is 11.1 Å².